The molecule has 1 fully saturated rings. The fourth-order valence-electron chi connectivity index (χ4n) is 2.34. The van der Waals surface area contributed by atoms with E-state index in [2.05, 4.69) is 5.32 Å². The van der Waals surface area contributed by atoms with Gasteiger partial charge < -0.3 is 11.1 Å². The maximum Gasteiger partial charge on any atom is 0.296 e. The molecule has 0 saturated heterocycles. The highest BCUT2D eigenvalue weighted by molar-refractivity contribution is 7.86. The van der Waals surface area contributed by atoms with Gasteiger partial charge in [0.15, 0.2) is 0 Å². The van der Waals surface area contributed by atoms with E-state index in [1.54, 1.807) is 12.1 Å². The van der Waals surface area contributed by atoms with Crippen LogP contribution in [0.5, 0.6) is 0 Å². The summed E-state index contributed by atoms with van der Waals surface area (Å²) in [7, 11) is -4.25. The Balaban J connectivity index is 2.26. The van der Waals surface area contributed by atoms with Crippen LogP contribution in [-0.4, -0.2) is 19.0 Å². The molecule has 0 aliphatic heterocycles. The molecule has 0 amide bonds. The molecule has 0 atom stereocenters. The van der Waals surface area contributed by atoms with Gasteiger partial charge in [-0.2, -0.15) is 8.42 Å². The normalized spacial score (nSPS) is 17.6. The molecule has 1 aliphatic rings. The van der Waals surface area contributed by atoms with Gasteiger partial charge in [0.2, 0.25) is 0 Å². The Morgan fingerprint density at radius 1 is 1.22 bits per heavy atom. The second-order valence-electron chi connectivity index (χ2n) is 4.71. The summed E-state index contributed by atoms with van der Waals surface area (Å²) in [4.78, 5) is -0.145. The van der Waals surface area contributed by atoms with Crippen molar-refractivity contribution in [1.82, 2.24) is 0 Å². The molecule has 18 heavy (non-hydrogen) atoms. The predicted octanol–water partition coefficient (Wildman–Crippen LogP) is 2.26. The van der Waals surface area contributed by atoms with Gasteiger partial charge in [-0.05, 0) is 31.0 Å². The van der Waals surface area contributed by atoms with E-state index in [9.17, 15) is 13.0 Å². The van der Waals surface area contributed by atoms with E-state index in [1.807, 2.05) is 0 Å². The molecular formula is C12H18N2O3S. The van der Waals surface area contributed by atoms with Crippen molar-refractivity contribution < 1.29 is 13.0 Å². The Bertz CT molecular complexity index is 522. The van der Waals surface area contributed by atoms with Crippen LogP contribution in [0.15, 0.2) is 23.1 Å². The highest BCUT2D eigenvalue weighted by atomic mass is 32.2. The molecule has 5 nitrogen and oxygen atoms in total. The molecule has 2 rings (SSSR count). The minimum atomic E-state index is -4.25. The number of hydrogen-bond donors (Lipinski definition) is 3. The first-order valence-electron chi connectivity index (χ1n) is 6.10. The third kappa shape index (κ3) is 3.14. The van der Waals surface area contributed by atoms with E-state index in [0.29, 0.717) is 11.4 Å². The highest BCUT2D eigenvalue weighted by Gasteiger charge is 2.19. The van der Waals surface area contributed by atoms with E-state index in [4.69, 9.17) is 5.73 Å². The highest BCUT2D eigenvalue weighted by Crippen LogP contribution is 2.27. The van der Waals surface area contributed by atoms with Crippen LogP contribution in [0.25, 0.3) is 0 Å². The van der Waals surface area contributed by atoms with Gasteiger partial charge in [-0.1, -0.05) is 19.3 Å². The zero-order chi connectivity index (χ0) is 13.2. The Labute approximate surface area is 107 Å². The van der Waals surface area contributed by atoms with Crippen molar-refractivity contribution >= 4 is 21.5 Å². The minimum absolute atomic E-state index is 0.145. The summed E-state index contributed by atoms with van der Waals surface area (Å²) in [5, 5.41) is 3.19. The zero-order valence-corrected chi connectivity index (χ0v) is 10.9. The molecule has 0 aromatic heterocycles. The first kappa shape index (κ1) is 13.2. The van der Waals surface area contributed by atoms with Crippen LogP contribution >= 0.6 is 0 Å². The second-order valence-corrected chi connectivity index (χ2v) is 6.10. The second kappa shape index (κ2) is 5.16. The first-order chi connectivity index (χ1) is 8.47. The number of rotatable bonds is 3. The van der Waals surface area contributed by atoms with Crippen molar-refractivity contribution in [1.29, 1.82) is 0 Å². The molecule has 1 aromatic carbocycles. The molecule has 100 valence electrons. The lowest BCUT2D eigenvalue weighted by Crippen LogP contribution is -2.23. The fourth-order valence-corrected chi connectivity index (χ4v) is 3.03. The van der Waals surface area contributed by atoms with Crippen LogP contribution < -0.4 is 11.1 Å². The van der Waals surface area contributed by atoms with Crippen LogP contribution in [0.2, 0.25) is 0 Å². The Morgan fingerprint density at radius 3 is 2.50 bits per heavy atom. The Morgan fingerprint density at radius 2 is 1.89 bits per heavy atom. The van der Waals surface area contributed by atoms with Gasteiger partial charge in [0.05, 0.1) is 5.69 Å². The lowest BCUT2D eigenvalue weighted by atomic mass is 9.95. The van der Waals surface area contributed by atoms with E-state index in [1.165, 1.54) is 12.5 Å². The van der Waals surface area contributed by atoms with Crippen LogP contribution in [0.1, 0.15) is 32.1 Å². The van der Waals surface area contributed by atoms with Gasteiger partial charge in [-0.15, -0.1) is 0 Å². The third-order valence-electron chi connectivity index (χ3n) is 3.25. The van der Waals surface area contributed by atoms with E-state index >= 15 is 0 Å². The van der Waals surface area contributed by atoms with Crippen LogP contribution in [-0.2, 0) is 10.1 Å². The number of nitrogens with two attached hydrogens (primary N) is 1. The van der Waals surface area contributed by atoms with Gasteiger partial charge >= 0.3 is 0 Å². The molecule has 0 radical (unpaired) electrons. The largest absolute Gasteiger partial charge is 0.399 e. The smallest absolute Gasteiger partial charge is 0.296 e. The quantitative estimate of drug-likeness (QED) is 0.578. The third-order valence-corrected chi connectivity index (χ3v) is 4.14. The van der Waals surface area contributed by atoms with E-state index in [-0.39, 0.29) is 10.9 Å². The minimum Gasteiger partial charge on any atom is -0.399 e. The SMILES string of the molecule is Nc1ccc(NC2CCCCC2)c(S(=O)(=O)O)c1. The molecule has 1 saturated carbocycles. The lowest BCUT2D eigenvalue weighted by Gasteiger charge is -2.24. The molecule has 0 spiro atoms. The monoisotopic (exact) mass is 270 g/mol. The van der Waals surface area contributed by atoms with Crippen molar-refractivity contribution in [3.05, 3.63) is 18.2 Å². The summed E-state index contributed by atoms with van der Waals surface area (Å²) in [5.74, 6) is 0. The van der Waals surface area contributed by atoms with Crippen molar-refractivity contribution in [3.63, 3.8) is 0 Å². The van der Waals surface area contributed by atoms with Crippen LogP contribution in [0.3, 0.4) is 0 Å². The molecule has 0 unspecified atom stereocenters. The van der Waals surface area contributed by atoms with Gasteiger partial charge in [-0.3, -0.25) is 4.55 Å². The molecular weight excluding hydrogens is 252 g/mol. The topological polar surface area (TPSA) is 92.4 Å². The molecule has 0 bridgehead atoms. The molecule has 4 N–H and O–H groups in total. The van der Waals surface area contributed by atoms with Gasteiger partial charge in [0, 0.05) is 11.7 Å². The van der Waals surface area contributed by atoms with Crippen molar-refractivity contribution in [2.24, 2.45) is 0 Å². The molecule has 0 heterocycles. The van der Waals surface area contributed by atoms with Crippen molar-refractivity contribution in [2.75, 3.05) is 11.1 Å². The van der Waals surface area contributed by atoms with Gasteiger partial charge in [-0.25, -0.2) is 0 Å². The maximum absolute atomic E-state index is 11.3. The summed E-state index contributed by atoms with van der Waals surface area (Å²) in [6, 6.07) is 4.77. The number of nitrogens with one attached hydrogen (secondary N) is 1. The Hall–Kier alpha value is -1.27. The zero-order valence-electron chi connectivity index (χ0n) is 10.1. The van der Waals surface area contributed by atoms with Gasteiger partial charge in [0.1, 0.15) is 4.90 Å². The summed E-state index contributed by atoms with van der Waals surface area (Å²) < 4.78 is 31.8. The summed E-state index contributed by atoms with van der Waals surface area (Å²) in [6.45, 7) is 0. The number of benzene rings is 1. The molecule has 1 aliphatic carbocycles. The number of hydrogen-bond acceptors (Lipinski definition) is 4. The van der Waals surface area contributed by atoms with Gasteiger partial charge in [0.25, 0.3) is 10.1 Å². The molecule has 1 aromatic rings. The number of anilines is 2. The standard InChI is InChI=1S/C12H18N2O3S/c13-9-6-7-11(12(8-9)18(15,16)17)14-10-4-2-1-3-5-10/h6-8,10,14H,1-5,13H2,(H,15,16,17). The molecule has 6 heteroatoms. The first-order valence-corrected chi connectivity index (χ1v) is 7.54. The van der Waals surface area contributed by atoms with E-state index < -0.39 is 10.1 Å². The summed E-state index contributed by atoms with van der Waals surface area (Å²) in [6.07, 6.45) is 5.57. The fraction of sp³-hybridized carbons (Fsp3) is 0.500. The number of nitrogen functional groups attached to an aromatic ring is 1. The van der Waals surface area contributed by atoms with Crippen molar-refractivity contribution in [3.8, 4) is 0 Å². The Kier molecular flexibility index (Phi) is 3.77. The average Bonchev–Trinajstić information content (AvgIpc) is 2.31. The van der Waals surface area contributed by atoms with Crippen LogP contribution in [0.4, 0.5) is 11.4 Å². The van der Waals surface area contributed by atoms with E-state index in [0.717, 1.165) is 25.7 Å². The summed E-state index contributed by atoms with van der Waals surface area (Å²) >= 11 is 0. The maximum atomic E-state index is 11.3. The summed E-state index contributed by atoms with van der Waals surface area (Å²) in [5.41, 5.74) is 6.30. The lowest BCUT2D eigenvalue weighted by molar-refractivity contribution is 0.461. The average molecular weight is 270 g/mol. The predicted molar refractivity (Wildman–Crippen MR) is 71.2 cm³/mol. The van der Waals surface area contributed by atoms with Crippen LogP contribution in [0, 0.1) is 0 Å². The van der Waals surface area contributed by atoms with Crippen molar-refractivity contribution in [2.45, 2.75) is 43.0 Å².